The van der Waals surface area contributed by atoms with E-state index < -0.39 is 0 Å². The Labute approximate surface area is 91.5 Å². The van der Waals surface area contributed by atoms with Crippen molar-refractivity contribution in [2.24, 2.45) is 0 Å². The van der Waals surface area contributed by atoms with Crippen LogP contribution < -0.4 is 0 Å². The van der Waals surface area contributed by atoms with Gasteiger partial charge in [0.25, 0.3) is 0 Å². The molecule has 0 aromatic heterocycles. The van der Waals surface area contributed by atoms with Crippen LogP contribution in [0.3, 0.4) is 0 Å². The van der Waals surface area contributed by atoms with Crippen LogP contribution in [0.4, 0.5) is 0 Å². The summed E-state index contributed by atoms with van der Waals surface area (Å²) in [6, 6.07) is 8.09. The highest BCUT2D eigenvalue weighted by atomic mass is 79.9. The first-order chi connectivity index (χ1) is 6.29. The molecule has 0 atom stereocenters. The van der Waals surface area contributed by atoms with Gasteiger partial charge in [-0.15, -0.1) is 11.6 Å². The molecule has 1 rings (SSSR count). The fourth-order valence-electron chi connectivity index (χ4n) is 1.12. The zero-order valence-electron chi connectivity index (χ0n) is 7.06. The molecule has 1 nitrogen and oxygen atoms in total. The van der Waals surface area contributed by atoms with E-state index in [0.29, 0.717) is 12.3 Å². The molecule has 13 heavy (non-hydrogen) atoms. The number of hydrogen-bond donors (Lipinski definition) is 0. The topological polar surface area (TPSA) is 23.8 Å². The van der Waals surface area contributed by atoms with Gasteiger partial charge in [0.2, 0.25) is 0 Å². The third-order valence-electron chi connectivity index (χ3n) is 1.81. The van der Waals surface area contributed by atoms with E-state index in [0.717, 1.165) is 22.0 Å². The normalized spacial score (nSPS) is 9.62. The molecule has 1 aromatic rings. The number of aryl methyl sites for hydroxylation is 1. The molecule has 0 aliphatic carbocycles. The van der Waals surface area contributed by atoms with Crippen molar-refractivity contribution >= 4 is 27.5 Å². The Kier molecular flexibility index (Phi) is 4.27. The van der Waals surface area contributed by atoms with E-state index in [1.165, 1.54) is 0 Å². The largest absolute Gasteiger partial charge is 0.198 e. The average molecular weight is 259 g/mol. The Morgan fingerprint density at radius 1 is 1.38 bits per heavy atom. The molecule has 0 aliphatic rings. The molecule has 0 fully saturated rings. The first-order valence-corrected chi connectivity index (χ1v) is 5.31. The highest BCUT2D eigenvalue weighted by Gasteiger charge is 2.03. The molecule has 0 radical (unpaired) electrons. The number of hydrogen-bond acceptors (Lipinski definition) is 1. The maximum atomic E-state index is 8.45. The molecule has 0 saturated carbocycles. The van der Waals surface area contributed by atoms with Crippen LogP contribution in [0.2, 0.25) is 0 Å². The van der Waals surface area contributed by atoms with Gasteiger partial charge in [-0.25, -0.2) is 0 Å². The Hall–Kier alpha value is -0.520. The van der Waals surface area contributed by atoms with E-state index in [9.17, 15) is 0 Å². The first kappa shape index (κ1) is 10.6. The van der Waals surface area contributed by atoms with Gasteiger partial charge in [0.15, 0.2) is 0 Å². The Balaban J connectivity index is 2.89. The molecule has 0 amide bonds. The van der Waals surface area contributed by atoms with Crippen molar-refractivity contribution in [1.82, 2.24) is 0 Å². The van der Waals surface area contributed by atoms with Gasteiger partial charge in [0, 0.05) is 16.8 Å². The average Bonchev–Trinajstić information content (AvgIpc) is 2.16. The van der Waals surface area contributed by atoms with Crippen molar-refractivity contribution in [1.29, 1.82) is 5.26 Å². The minimum atomic E-state index is 0.501. The lowest BCUT2D eigenvalue weighted by Gasteiger charge is -2.05. The van der Waals surface area contributed by atoms with Crippen molar-refractivity contribution in [3.63, 3.8) is 0 Å². The molecular formula is C10H9BrClN. The highest BCUT2D eigenvalue weighted by molar-refractivity contribution is 9.10. The molecule has 3 heteroatoms. The van der Waals surface area contributed by atoms with Crippen LogP contribution in [0.25, 0.3) is 0 Å². The predicted molar refractivity (Wildman–Crippen MR) is 57.6 cm³/mol. The summed E-state index contributed by atoms with van der Waals surface area (Å²) in [5.74, 6) is 0.501. The summed E-state index contributed by atoms with van der Waals surface area (Å²) in [4.78, 5) is 0. The number of nitrogens with zero attached hydrogens (tertiary/aromatic N) is 1. The van der Waals surface area contributed by atoms with E-state index >= 15 is 0 Å². The Morgan fingerprint density at radius 3 is 2.69 bits per heavy atom. The zero-order valence-corrected chi connectivity index (χ0v) is 9.40. The van der Waals surface area contributed by atoms with Crippen LogP contribution in [0.1, 0.15) is 17.5 Å². The van der Waals surface area contributed by atoms with E-state index in [1.54, 1.807) is 0 Å². The minimum absolute atomic E-state index is 0.501. The summed E-state index contributed by atoms with van der Waals surface area (Å²) >= 11 is 9.22. The number of alkyl halides is 1. The summed E-state index contributed by atoms with van der Waals surface area (Å²) in [5, 5.41) is 8.45. The molecule has 0 heterocycles. The minimum Gasteiger partial charge on any atom is -0.198 e. The maximum absolute atomic E-state index is 8.45. The van der Waals surface area contributed by atoms with Crippen molar-refractivity contribution < 1.29 is 0 Å². The smallest absolute Gasteiger partial charge is 0.0625 e. The molecule has 68 valence electrons. The third kappa shape index (κ3) is 2.72. The fourth-order valence-corrected chi connectivity index (χ4v) is 2.11. The number of rotatable bonds is 3. The molecule has 0 bridgehead atoms. The molecule has 0 aliphatic heterocycles. The lowest BCUT2D eigenvalue weighted by Crippen LogP contribution is -1.89. The summed E-state index contributed by atoms with van der Waals surface area (Å²) in [6.45, 7) is 0. The van der Waals surface area contributed by atoms with Crippen molar-refractivity contribution in [2.75, 3.05) is 0 Å². The lowest BCUT2D eigenvalue weighted by molar-refractivity contribution is 0.998. The summed E-state index contributed by atoms with van der Waals surface area (Å²) in [6.07, 6.45) is 1.33. The van der Waals surface area contributed by atoms with Crippen molar-refractivity contribution in [3.05, 3.63) is 33.8 Å². The fraction of sp³-hybridized carbons (Fsp3) is 0.300. The number of halogens is 2. The predicted octanol–water partition coefficient (Wildman–Crippen LogP) is 3.64. The number of benzene rings is 1. The highest BCUT2D eigenvalue weighted by Crippen LogP contribution is 2.24. The first-order valence-electron chi connectivity index (χ1n) is 3.98. The van der Waals surface area contributed by atoms with Gasteiger partial charge in [-0.2, -0.15) is 5.26 Å². The second-order valence-corrected chi connectivity index (χ2v) is 3.74. The van der Waals surface area contributed by atoms with Gasteiger partial charge in [-0.05, 0) is 17.5 Å². The quantitative estimate of drug-likeness (QED) is 0.759. The maximum Gasteiger partial charge on any atom is 0.0625 e. The second kappa shape index (κ2) is 5.26. The lowest BCUT2D eigenvalue weighted by atomic mass is 10.1. The van der Waals surface area contributed by atoms with Crippen LogP contribution in [0.5, 0.6) is 0 Å². The molecule has 0 saturated heterocycles. The van der Waals surface area contributed by atoms with Crippen LogP contribution in [0.15, 0.2) is 22.7 Å². The van der Waals surface area contributed by atoms with Crippen LogP contribution in [0, 0.1) is 11.3 Å². The van der Waals surface area contributed by atoms with Gasteiger partial charge >= 0.3 is 0 Å². The zero-order chi connectivity index (χ0) is 9.68. The third-order valence-corrected chi connectivity index (χ3v) is 3.12. The van der Waals surface area contributed by atoms with E-state index in [-0.39, 0.29) is 0 Å². The van der Waals surface area contributed by atoms with Gasteiger partial charge in [0.1, 0.15) is 0 Å². The Morgan fingerprint density at radius 2 is 2.08 bits per heavy atom. The van der Waals surface area contributed by atoms with E-state index in [1.807, 2.05) is 18.2 Å². The van der Waals surface area contributed by atoms with E-state index in [2.05, 4.69) is 22.0 Å². The molecular weight excluding hydrogens is 249 g/mol. The summed E-state index contributed by atoms with van der Waals surface area (Å²) in [5.41, 5.74) is 2.23. The van der Waals surface area contributed by atoms with Crippen molar-refractivity contribution in [2.45, 2.75) is 18.7 Å². The van der Waals surface area contributed by atoms with Crippen LogP contribution in [-0.2, 0) is 12.3 Å². The molecule has 0 N–H and O–H groups in total. The van der Waals surface area contributed by atoms with E-state index in [4.69, 9.17) is 16.9 Å². The van der Waals surface area contributed by atoms with Crippen molar-refractivity contribution in [3.8, 4) is 6.07 Å². The Bertz CT molecular complexity index is 330. The summed E-state index contributed by atoms with van der Waals surface area (Å²) < 4.78 is 1.04. The van der Waals surface area contributed by atoms with Crippen LogP contribution in [-0.4, -0.2) is 0 Å². The van der Waals surface area contributed by atoms with Crippen LogP contribution >= 0.6 is 27.5 Å². The molecule has 1 aromatic carbocycles. The second-order valence-electron chi connectivity index (χ2n) is 2.68. The van der Waals surface area contributed by atoms with Gasteiger partial charge in [-0.1, -0.05) is 34.1 Å². The molecule has 0 unspecified atom stereocenters. The monoisotopic (exact) mass is 257 g/mol. The number of nitriles is 1. The van der Waals surface area contributed by atoms with Gasteiger partial charge in [-0.3, -0.25) is 0 Å². The SMILES string of the molecule is N#CCCc1cccc(CCl)c1Br. The van der Waals surface area contributed by atoms with Gasteiger partial charge in [0.05, 0.1) is 6.07 Å². The van der Waals surface area contributed by atoms with Gasteiger partial charge < -0.3 is 0 Å². The summed E-state index contributed by atoms with van der Waals surface area (Å²) in [7, 11) is 0. The standard InChI is InChI=1S/C10H9BrClN/c11-10-8(5-2-6-13)3-1-4-9(10)7-12/h1,3-4H,2,5,7H2. The molecule has 0 spiro atoms.